The number of aliphatic carboxylic acids is 1. The van der Waals surface area contributed by atoms with Crippen molar-refractivity contribution >= 4 is 23.8 Å². The van der Waals surface area contributed by atoms with Crippen molar-refractivity contribution in [3.63, 3.8) is 0 Å². The van der Waals surface area contributed by atoms with Crippen LogP contribution in [0.1, 0.15) is 30.9 Å². The van der Waals surface area contributed by atoms with Crippen molar-refractivity contribution in [2.45, 2.75) is 30.6 Å². The van der Waals surface area contributed by atoms with Gasteiger partial charge in [0.1, 0.15) is 12.6 Å². The van der Waals surface area contributed by atoms with Gasteiger partial charge in [-0.05, 0) is 36.1 Å². The number of ether oxygens (including phenoxy) is 1. The zero-order valence-corrected chi connectivity index (χ0v) is 16.7. The van der Waals surface area contributed by atoms with Crippen LogP contribution in [-0.2, 0) is 9.53 Å². The highest BCUT2D eigenvalue weighted by molar-refractivity contribution is 8.00. The predicted molar refractivity (Wildman–Crippen MR) is 110 cm³/mol. The fraction of sp³-hybridized carbons (Fsp3) is 0.364. The lowest BCUT2D eigenvalue weighted by Crippen LogP contribution is -2.58. The summed E-state index contributed by atoms with van der Waals surface area (Å²) in [7, 11) is 0. The Morgan fingerprint density at radius 1 is 1.11 bits per heavy atom. The van der Waals surface area contributed by atoms with Crippen LogP contribution in [0.4, 0.5) is 4.79 Å². The first-order valence-corrected chi connectivity index (χ1v) is 10.4. The zero-order valence-electron chi connectivity index (χ0n) is 15.9. The molecule has 2 aliphatic rings. The SMILES string of the molecule is CC1(C)SCCN(C(=O)OCC2c3ccccc3-c3ccccc32)[C@H]1C(=O)O. The number of carboxylic acid groups (broad SMARTS) is 1. The lowest BCUT2D eigenvalue weighted by molar-refractivity contribution is -0.143. The monoisotopic (exact) mass is 397 g/mol. The molecule has 1 N–H and O–H groups in total. The average molecular weight is 397 g/mol. The molecule has 1 atom stereocenters. The highest BCUT2D eigenvalue weighted by atomic mass is 32.2. The summed E-state index contributed by atoms with van der Waals surface area (Å²) < 4.78 is 5.11. The zero-order chi connectivity index (χ0) is 19.9. The van der Waals surface area contributed by atoms with Crippen LogP contribution >= 0.6 is 11.8 Å². The molecule has 0 unspecified atom stereocenters. The van der Waals surface area contributed by atoms with Crippen molar-refractivity contribution in [1.29, 1.82) is 0 Å². The summed E-state index contributed by atoms with van der Waals surface area (Å²) in [4.78, 5) is 26.0. The maximum atomic E-state index is 12.8. The van der Waals surface area contributed by atoms with Crippen LogP contribution in [0.2, 0.25) is 0 Å². The summed E-state index contributed by atoms with van der Waals surface area (Å²) in [5.74, 6) is -0.335. The molecule has 1 fully saturated rings. The molecular weight excluding hydrogens is 374 g/mol. The van der Waals surface area contributed by atoms with E-state index in [4.69, 9.17) is 4.74 Å². The van der Waals surface area contributed by atoms with E-state index in [1.165, 1.54) is 4.90 Å². The van der Waals surface area contributed by atoms with Gasteiger partial charge in [0, 0.05) is 23.0 Å². The summed E-state index contributed by atoms with van der Waals surface area (Å²) in [6.45, 7) is 4.30. The van der Waals surface area contributed by atoms with E-state index in [0.29, 0.717) is 12.3 Å². The highest BCUT2D eigenvalue weighted by Gasteiger charge is 2.46. The molecule has 0 spiro atoms. The minimum absolute atomic E-state index is 0.0354. The molecule has 0 saturated carbocycles. The number of rotatable bonds is 3. The van der Waals surface area contributed by atoms with Crippen LogP contribution in [0.15, 0.2) is 48.5 Å². The van der Waals surface area contributed by atoms with Gasteiger partial charge in [0.2, 0.25) is 0 Å². The fourth-order valence-electron chi connectivity index (χ4n) is 4.29. The Balaban J connectivity index is 1.55. The van der Waals surface area contributed by atoms with E-state index >= 15 is 0 Å². The second-order valence-corrected chi connectivity index (χ2v) is 9.44. The number of carbonyl (C=O) groups is 2. The Kier molecular flexibility index (Phi) is 4.83. The molecule has 1 heterocycles. The fourth-order valence-corrected chi connectivity index (χ4v) is 5.49. The van der Waals surface area contributed by atoms with Crippen LogP contribution < -0.4 is 0 Å². The van der Waals surface area contributed by atoms with Crippen LogP contribution in [-0.4, -0.2) is 51.8 Å². The summed E-state index contributed by atoms with van der Waals surface area (Å²) in [5.41, 5.74) is 4.61. The Morgan fingerprint density at radius 3 is 2.25 bits per heavy atom. The van der Waals surface area contributed by atoms with Gasteiger partial charge in [-0.2, -0.15) is 11.8 Å². The number of benzene rings is 2. The topological polar surface area (TPSA) is 66.8 Å². The van der Waals surface area contributed by atoms with Crippen LogP contribution in [0.25, 0.3) is 11.1 Å². The molecule has 5 nitrogen and oxygen atoms in total. The van der Waals surface area contributed by atoms with E-state index in [2.05, 4.69) is 24.3 Å². The van der Waals surface area contributed by atoms with Gasteiger partial charge < -0.3 is 9.84 Å². The summed E-state index contributed by atoms with van der Waals surface area (Å²) >= 11 is 1.57. The molecule has 146 valence electrons. The van der Waals surface area contributed by atoms with Gasteiger partial charge in [-0.1, -0.05) is 48.5 Å². The Morgan fingerprint density at radius 2 is 1.68 bits per heavy atom. The number of fused-ring (bicyclic) bond motifs is 3. The molecule has 1 amide bonds. The first-order valence-electron chi connectivity index (χ1n) is 9.38. The lowest BCUT2D eigenvalue weighted by atomic mass is 9.98. The molecular formula is C22H23NO4S. The van der Waals surface area contributed by atoms with Crippen molar-refractivity contribution in [2.75, 3.05) is 18.9 Å². The van der Waals surface area contributed by atoms with Gasteiger partial charge in [0.05, 0.1) is 0 Å². The van der Waals surface area contributed by atoms with Crippen molar-refractivity contribution in [1.82, 2.24) is 4.90 Å². The number of nitrogens with zero attached hydrogens (tertiary/aromatic N) is 1. The maximum absolute atomic E-state index is 12.8. The number of carbonyl (C=O) groups excluding carboxylic acids is 1. The molecule has 6 heteroatoms. The second-order valence-electron chi connectivity index (χ2n) is 7.69. The van der Waals surface area contributed by atoms with Crippen molar-refractivity contribution in [3.8, 4) is 11.1 Å². The normalized spacial score (nSPS) is 20.4. The molecule has 0 radical (unpaired) electrons. The van der Waals surface area contributed by atoms with E-state index in [1.54, 1.807) is 11.8 Å². The number of carboxylic acids is 1. The Bertz CT molecular complexity index is 881. The van der Waals surface area contributed by atoms with Crippen molar-refractivity contribution in [3.05, 3.63) is 59.7 Å². The van der Waals surface area contributed by atoms with E-state index in [1.807, 2.05) is 38.1 Å². The molecule has 0 aromatic heterocycles. The number of hydrogen-bond donors (Lipinski definition) is 1. The molecule has 28 heavy (non-hydrogen) atoms. The van der Waals surface area contributed by atoms with Crippen LogP contribution in [0.3, 0.4) is 0 Å². The molecule has 2 aromatic carbocycles. The van der Waals surface area contributed by atoms with Crippen molar-refractivity contribution < 1.29 is 19.4 Å². The Hall–Kier alpha value is -2.47. The third-order valence-corrected chi connectivity index (χ3v) is 6.93. The number of hydrogen-bond acceptors (Lipinski definition) is 4. The van der Waals surface area contributed by atoms with Crippen LogP contribution in [0.5, 0.6) is 0 Å². The first-order chi connectivity index (χ1) is 13.4. The molecule has 1 saturated heterocycles. The van der Waals surface area contributed by atoms with E-state index in [0.717, 1.165) is 22.3 Å². The first kappa shape index (κ1) is 18.9. The minimum atomic E-state index is -0.995. The predicted octanol–water partition coefficient (Wildman–Crippen LogP) is 4.22. The van der Waals surface area contributed by atoms with Gasteiger partial charge in [0.15, 0.2) is 0 Å². The van der Waals surface area contributed by atoms with Gasteiger partial charge >= 0.3 is 12.1 Å². The average Bonchev–Trinajstić information content (AvgIpc) is 2.99. The standard InChI is InChI=1S/C22H23NO4S/c1-22(2)19(20(24)25)23(11-12-28-22)21(26)27-13-18-16-9-5-3-7-14(16)15-8-4-6-10-17(15)18/h3-10,18-19H,11-13H2,1-2H3,(H,24,25)/t19-/m0/s1. The molecule has 1 aliphatic heterocycles. The minimum Gasteiger partial charge on any atom is -0.480 e. The number of thioether (sulfide) groups is 1. The van der Waals surface area contributed by atoms with Crippen molar-refractivity contribution in [2.24, 2.45) is 0 Å². The van der Waals surface area contributed by atoms with Gasteiger partial charge in [0.25, 0.3) is 0 Å². The summed E-state index contributed by atoms with van der Waals surface area (Å²) in [6.07, 6.45) is -0.553. The van der Waals surface area contributed by atoms with Gasteiger partial charge in [-0.25, -0.2) is 9.59 Å². The second kappa shape index (κ2) is 7.17. The molecule has 1 aliphatic carbocycles. The smallest absolute Gasteiger partial charge is 0.410 e. The highest BCUT2D eigenvalue weighted by Crippen LogP contribution is 2.44. The maximum Gasteiger partial charge on any atom is 0.410 e. The third-order valence-electron chi connectivity index (χ3n) is 5.58. The van der Waals surface area contributed by atoms with Gasteiger partial charge in [-0.3, -0.25) is 4.90 Å². The largest absolute Gasteiger partial charge is 0.480 e. The summed E-state index contributed by atoms with van der Waals surface area (Å²) in [5, 5.41) is 9.67. The lowest BCUT2D eigenvalue weighted by Gasteiger charge is -2.42. The van der Waals surface area contributed by atoms with Crippen LogP contribution in [0, 0.1) is 0 Å². The van der Waals surface area contributed by atoms with E-state index in [9.17, 15) is 14.7 Å². The van der Waals surface area contributed by atoms with E-state index in [-0.39, 0.29) is 12.5 Å². The quantitative estimate of drug-likeness (QED) is 0.840. The van der Waals surface area contributed by atoms with E-state index < -0.39 is 22.9 Å². The van der Waals surface area contributed by atoms with Gasteiger partial charge in [-0.15, -0.1) is 0 Å². The third kappa shape index (κ3) is 3.15. The Labute approximate surface area is 168 Å². The molecule has 2 aromatic rings. The molecule has 4 rings (SSSR count). The number of amides is 1. The summed E-state index contributed by atoms with van der Waals surface area (Å²) in [6, 6.07) is 15.4. The molecule has 0 bridgehead atoms.